The van der Waals surface area contributed by atoms with E-state index in [4.69, 9.17) is 5.73 Å². The highest BCUT2D eigenvalue weighted by Gasteiger charge is 2.70. The number of imide groups is 1. The first kappa shape index (κ1) is 18.5. The number of carbonyl (C=O) groups is 4. The second-order valence-electron chi connectivity index (χ2n) is 7.98. The Labute approximate surface area is 172 Å². The maximum atomic E-state index is 13.5. The Morgan fingerprint density at radius 1 is 1.00 bits per heavy atom. The van der Waals surface area contributed by atoms with E-state index in [1.54, 1.807) is 24.3 Å². The second-order valence-corrected chi connectivity index (χ2v) is 7.98. The first-order valence-electron chi connectivity index (χ1n) is 9.79. The van der Waals surface area contributed by atoms with Crippen molar-refractivity contribution < 1.29 is 19.2 Å². The summed E-state index contributed by atoms with van der Waals surface area (Å²) in [6, 6.07) is 15.6. The zero-order valence-corrected chi connectivity index (χ0v) is 16.0. The summed E-state index contributed by atoms with van der Waals surface area (Å²) in [7, 11) is 0. The minimum atomic E-state index is -1.40. The number of nitrogens with one attached hydrogen (secondary N) is 2. The summed E-state index contributed by atoms with van der Waals surface area (Å²) in [5.41, 5.74) is 6.03. The SMILES string of the molecule is NC(=O)C[C@@H]1N[C@]2(C(=O)Nc3ccccc32)[C@@H]2C(=O)N(Cc3ccccc3)C(=O)[C@@H]12. The quantitative estimate of drug-likeness (QED) is 0.640. The largest absolute Gasteiger partial charge is 0.370 e. The predicted octanol–water partition coefficient (Wildman–Crippen LogP) is 0.483. The lowest BCUT2D eigenvalue weighted by molar-refractivity contribution is -0.143. The molecule has 4 atom stereocenters. The van der Waals surface area contributed by atoms with Crippen LogP contribution in [-0.4, -0.2) is 34.6 Å². The Hall–Kier alpha value is -3.52. The van der Waals surface area contributed by atoms with Crippen molar-refractivity contribution in [2.75, 3.05) is 5.32 Å². The predicted molar refractivity (Wildman–Crippen MR) is 106 cm³/mol. The van der Waals surface area contributed by atoms with Gasteiger partial charge in [-0.3, -0.25) is 29.4 Å². The molecular weight excluding hydrogens is 384 g/mol. The van der Waals surface area contributed by atoms with Crippen molar-refractivity contribution in [1.82, 2.24) is 10.2 Å². The number of para-hydroxylation sites is 1. The van der Waals surface area contributed by atoms with Crippen LogP contribution in [0.1, 0.15) is 17.5 Å². The molecule has 0 unspecified atom stereocenters. The summed E-state index contributed by atoms with van der Waals surface area (Å²) in [5, 5.41) is 5.99. The van der Waals surface area contributed by atoms with Crippen LogP contribution in [0.15, 0.2) is 54.6 Å². The molecule has 4 N–H and O–H groups in total. The first-order chi connectivity index (χ1) is 14.4. The van der Waals surface area contributed by atoms with Gasteiger partial charge < -0.3 is 11.1 Å². The van der Waals surface area contributed by atoms with Gasteiger partial charge in [0.15, 0.2) is 0 Å². The molecule has 0 aromatic heterocycles. The van der Waals surface area contributed by atoms with E-state index in [2.05, 4.69) is 10.6 Å². The molecule has 0 radical (unpaired) electrons. The number of primary amides is 1. The van der Waals surface area contributed by atoms with Crippen molar-refractivity contribution in [2.45, 2.75) is 24.5 Å². The average Bonchev–Trinajstić information content (AvgIpc) is 3.29. The Bertz CT molecular complexity index is 1090. The molecule has 2 saturated heterocycles. The molecule has 152 valence electrons. The van der Waals surface area contributed by atoms with Crippen LogP contribution in [0.3, 0.4) is 0 Å². The standard InChI is InChI=1S/C22H20N4O4/c23-16(27)10-15-17-18(20(29)26(19(17)28)11-12-6-2-1-3-7-12)22(25-15)13-8-4-5-9-14(13)24-21(22)30/h1-9,15,17-18,25H,10-11H2,(H2,23,27)(H,24,30)/t15-,17-,18-,22-/m0/s1. The van der Waals surface area contributed by atoms with Crippen molar-refractivity contribution in [3.05, 3.63) is 65.7 Å². The fourth-order valence-corrected chi connectivity index (χ4v) is 5.13. The van der Waals surface area contributed by atoms with E-state index < -0.39 is 41.1 Å². The first-order valence-corrected chi connectivity index (χ1v) is 9.79. The van der Waals surface area contributed by atoms with Crippen LogP contribution in [0, 0.1) is 11.8 Å². The molecule has 30 heavy (non-hydrogen) atoms. The van der Waals surface area contributed by atoms with Crippen LogP contribution in [0.4, 0.5) is 5.69 Å². The third kappa shape index (κ3) is 2.43. The van der Waals surface area contributed by atoms with Crippen molar-refractivity contribution in [3.63, 3.8) is 0 Å². The van der Waals surface area contributed by atoms with Gasteiger partial charge in [-0.2, -0.15) is 0 Å². The highest BCUT2D eigenvalue weighted by atomic mass is 16.2. The summed E-state index contributed by atoms with van der Waals surface area (Å²) in [6.45, 7) is 0.119. The monoisotopic (exact) mass is 404 g/mol. The zero-order chi connectivity index (χ0) is 21.0. The van der Waals surface area contributed by atoms with E-state index in [9.17, 15) is 19.2 Å². The number of amides is 4. The van der Waals surface area contributed by atoms with Gasteiger partial charge in [-0.1, -0.05) is 48.5 Å². The molecule has 2 aromatic carbocycles. The van der Waals surface area contributed by atoms with Crippen molar-refractivity contribution in [1.29, 1.82) is 0 Å². The average molecular weight is 404 g/mol. The molecule has 0 bridgehead atoms. The van der Waals surface area contributed by atoms with E-state index in [0.29, 0.717) is 11.3 Å². The van der Waals surface area contributed by atoms with Crippen LogP contribution >= 0.6 is 0 Å². The van der Waals surface area contributed by atoms with Crippen molar-refractivity contribution in [3.8, 4) is 0 Å². The lowest BCUT2D eigenvalue weighted by Crippen LogP contribution is -2.53. The van der Waals surface area contributed by atoms with Gasteiger partial charge in [-0.15, -0.1) is 0 Å². The molecule has 3 aliphatic rings. The van der Waals surface area contributed by atoms with E-state index in [0.717, 1.165) is 5.56 Å². The lowest BCUT2D eigenvalue weighted by Gasteiger charge is -2.29. The highest BCUT2D eigenvalue weighted by Crippen LogP contribution is 2.53. The minimum Gasteiger partial charge on any atom is -0.370 e. The van der Waals surface area contributed by atoms with E-state index >= 15 is 0 Å². The molecule has 3 heterocycles. The Morgan fingerprint density at radius 3 is 2.43 bits per heavy atom. The number of carbonyl (C=O) groups excluding carboxylic acids is 4. The molecule has 0 saturated carbocycles. The summed E-state index contributed by atoms with van der Waals surface area (Å²) < 4.78 is 0. The maximum absolute atomic E-state index is 13.5. The van der Waals surface area contributed by atoms with Crippen LogP contribution in [0.2, 0.25) is 0 Å². The minimum absolute atomic E-state index is 0.119. The van der Waals surface area contributed by atoms with Crippen LogP contribution in [0.5, 0.6) is 0 Å². The maximum Gasteiger partial charge on any atom is 0.250 e. The third-order valence-electron chi connectivity index (χ3n) is 6.32. The molecule has 4 amide bonds. The van der Waals surface area contributed by atoms with E-state index in [1.165, 1.54) is 4.90 Å². The van der Waals surface area contributed by atoms with Gasteiger partial charge in [0.2, 0.25) is 23.6 Å². The Balaban J connectivity index is 1.61. The summed E-state index contributed by atoms with van der Waals surface area (Å²) >= 11 is 0. The summed E-state index contributed by atoms with van der Waals surface area (Å²) in [5.74, 6) is -3.58. The van der Waals surface area contributed by atoms with E-state index in [-0.39, 0.29) is 18.9 Å². The molecule has 8 heteroatoms. The third-order valence-corrected chi connectivity index (χ3v) is 6.32. The van der Waals surface area contributed by atoms with Gasteiger partial charge in [0, 0.05) is 23.7 Å². The van der Waals surface area contributed by atoms with Crippen LogP contribution < -0.4 is 16.4 Å². The van der Waals surface area contributed by atoms with Crippen LogP contribution in [-0.2, 0) is 31.3 Å². The number of hydrogen-bond donors (Lipinski definition) is 3. The summed E-state index contributed by atoms with van der Waals surface area (Å²) in [6.07, 6.45) is -0.142. The highest BCUT2D eigenvalue weighted by molar-refractivity contribution is 6.15. The number of nitrogens with two attached hydrogens (primary N) is 1. The summed E-state index contributed by atoms with van der Waals surface area (Å²) in [4.78, 5) is 52.9. The lowest BCUT2D eigenvalue weighted by atomic mass is 9.76. The van der Waals surface area contributed by atoms with Gasteiger partial charge in [0.25, 0.3) is 0 Å². The number of rotatable bonds is 4. The van der Waals surface area contributed by atoms with Gasteiger partial charge in [0.05, 0.1) is 18.4 Å². The Morgan fingerprint density at radius 2 is 1.70 bits per heavy atom. The topological polar surface area (TPSA) is 122 Å². The molecule has 3 aliphatic heterocycles. The molecule has 2 aromatic rings. The van der Waals surface area contributed by atoms with Gasteiger partial charge in [-0.25, -0.2) is 0 Å². The smallest absolute Gasteiger partial charge is 0.250 e. The number of hydrogen-bond acceptors (Lipinski definition) is 5. The fraction of sp³-hybridized carbons (Fsp3) is 0.273. The number of anilines is 1. The van der Waals surface area contributed by atoms with E-state index in [1.807, 2.05) is 30.3 Å². The normalized spacial score (nSPS) is 29.3. The molecule has 2 fully saturated rings. The zero-order valence-electron chi connectivity index (χ0n) is 16.0. The van der Waals surface area contributed by atoms with Crippen molar-refractivity contribution in [2.24, 2.45) is 17.6 Å². The molecule has 1 spiro atoms. The van der Waals surface area contributed by atoms with Crippen LogP contribution in [0.25, 0.3) is 0 Å². The number of benzene rings is 2. The molecular formula is C22H20N4O4. The van der Waals surface area contributed by atoms with Gasteiger partial charge in [0.1, 0.15) is 5.54 Å². The molecule has 5 rings (SSSR count). The number of likely N-dealkylation sites (tertiary alicyclic amines) is 1. The fourth-order valence-electron chi connectivity index (χ4n) is 5.13. The van der Waals surface area contributed by atoms with Gasteiger partial charge in [-0.05, 0) is 11.6 Å². The Kier molecular flexibility index (Phi) is 4.01. The second kappa shape index (κ2) is 6.50. The van der Waals surface area contributed by atoms with Gasteiger partial charge >= 0.3 is 0 Å². The van der Waals surface area contributed by atoms with Crippen molar-refractivity contribution >= 4 is 29.3 Å². The molecule has 8 nitrogen and oxygen atoms in total. The number of nitrogens with zero attached hydrogens (tertiary/aromatic N) is 1. The molecule has 0 aliphatic carbocycles. The number of fused-ring (bicyclic) bond motifs is 4.